The molecule has 1 atom stereocenters. The number of hydrogen-bond acceptors (Lipinski definition) is 5. The zero-order valence-electron chi connectivity index (χ0n) is 27.1. The van der Waals surface area contributed by atoms with Crippen molar-refractivity contribution in [1.82, 2.24) is 0 Å². The van der Waals surface area contributed by atoms with E-state index >= 15 is 0 Å². The lowest BCUT2D eigenvalue weighted by Crippen LogP contribution is -2.35. The lowest BCUT2D eigenvalue weighted by Gasteiger charge is -2.36. The smallest absolute Gasteiger partial charge is 0.193 e. The van der Waals surface area contributed by atoms with Gasteiger partial charge in [-0.25, -0.2) is 9.78 Å². The molecule has 0 N–H and O–H groups in total. The van der Waals surface area contributed by atoms with Gasteiger partial charge >= 0.3 is 0 Å². The summed E-state index contributed by atoms with van der Waals surface area (Å²) in [6, 6.07) is 9.84. The molecule has 0 saturated carbocycles. The highest BCUT2D eigenvalue weighted by Crippen LogP contribution is 2.38. The van der Waals surface area contributed by atoms with Crippen LogP contribution in [0.1, 0.15) is 134 Å². The van der Waals surface area contributed by atoms with Gasteiger partial charge in [0.05, 0.1) is 18.8 Å². The Labute approximate surface area is 243 Å². The first-order valence-corrected chi connectivity index (χ1v) is 15.2. The minimum absolute atomic E-state index is 0.0177. The van der Waals surface area contributed by atoms with Gasteiger partial charge in [0.15, 0.2) is 17.3 Å². The molecule has 5 heteroatoms. The van der Waals surface area contributed by atoms with E-state index in [1.165, 1.54) is 0 Å². The largest absolute Gasteiger partial charge is 0.490 e. The third-order valence-electron chi connectivity index (χ3n) is 7.07. The Kier molecular flexibility index (Phi) is 12.3. The lowest BCUT2D eigenvalue weighted by molar-refractivity contribution is -0.413. The van der Waals surface area contributed by atoms with Gasteiger partial charge in [-0.3, -0.25) is 4.79 Å². The highest BCUT2D eigenvalue weighted by atomic mass is 17.2. The van der Waals surface area contributed by atoms with Crippen molar-refractivity contribution < 1.29 is 24.0 Å². The number of aryl methyl sites for hydroxylation is 2. The molecule has 0 radical (unpaired) electrons. The molecule has 0 aliphatic heterocycles. The van der Waals surface area contributed by atoms with Gasteiger partial charge in [-0.15, -0.1) is 0 Å². The molecule has 0 heterocycles. The first kappa shape index (κ1) is 33.8. The molecule has 5 nitrogen and oxygen atoms in total. The van der Waals surface area contributed by atoms with Gasteiger partial charge in [-0.1, -0.05) is 66.5 Å². The molecule has 0 spiro atoms. The Morgan fingerprint density at radius 3 is 1.75 bits per heavy atom. The molecule has 1 unspecified atom stereocenters. The number of rotatable bonds is 16. The van der Waals surface area contributed by atoms with Crippen molar-refractivity contribution in [2.45, 2.75) is 126 Å². The highest BCUT2D eigenvalue weighted by Gasteiger charge is 2.35. The van der Waals surface area contributed by atoms with Crippen molar-refractivity contribution in [3.8, 4) is 11.5 Å². The Morgan fingerprint density at radius 2 is 1.27 bits per heavy atom. The van der Waals surface area contributed by atoms with Crippen molar-refractivity contribution in [3.63, 3.8) is 0 Å². The van der Waals surface area contributed by atoms with Gasteiger partial charge in [-0.2, -0.15) is 0 Å². The van der Waals surface area contributed by atoms with Crippen LogP contribution in [-0.2, 0) is 28.2 Å². The van der Waals surface area contributed by atoms with E-state index in [1.807, 2.05) is 32.0 Å². The zero-order chi connectivity index (χ0) is 30.1. The normalized spacial score (nSPS) is 13.7. The van der Waals surface area contributed by atoms with Crippen LogP contribution in [0, 0.1) is 5.41 Å². The van der Waals surface area contributed by atoms with E-state index in [-0.39, 0.29) is 11.2 Å². The highest BCUT2D eigenvalue weighted by molar-refractivity contribution is 6.11. The third kappa shape index (κ3) is 9.07. The minimum Gasteiger partial charge on any atom is -0.490 e. The monoisotopic (exact) mass is 554 g/mol. The van der Waals surface area contributed by atoms with Crippen LogP contribution in [0.2, 0.25) is 0 Å². The second kappa shape index (κ2) is 14.5. The van der Waals surface area contributed by atoms with Crippen LogP contribution in [0.25, 0.3) is 0 Å². The molecule has 0 fully saturated rings. The molecule has 0 bridgehead atoms. The van der Waals surface area contributed by atoms with E-state index in [0.717, 1.165) is 60.8 Å². The average molecular weight is 555 g/mol. The molecule has 2 aromatic carbocycles. The summed E-state index contributed by atoms with van der Waals surface area (Å²) < 4.78 is 11.6. The van der Waals surface area contributed by atoms with Crippen LogP contribution < -0.4 is 9.47 Å². The molecule has 0 aromatic heterocycles. The van der Waals surface area contributed by atoms with Crippen LogP contribution >= 0.6 is 0 Å². The molecule has 40 heavy (non-hydrogen) atoms. The summed E-state index contributed by atoms with van der Waals surface area (Å²) in [4.78, 5) is 26.6. The number of benzene rings is 2. The number of carbonyl (C=O) groups is 1. The van der Waals surface area contributed by atoms with E-state index in [1.54, 1.807) is 0 Å². The number of ketones is 1. The first-order chi connectivity index (χ1) is 18.7. The fraction of sp³-hybridized carbons (Fsp3) is 0.629. The molecule has 0 aliphatic rings. The fourth-order valence-corrected chi connectivity index (χ4v) is 5.46. The summed E-state index contributed by atoms with van der Waals surface area (Å²) >= 11 is 0. The van der Waals surface area contributed by atoms with Crippen LogP contribution in [0.3, 0.4) is 0 Å². The van der Waals surface area contributed by atoms with Crippen molar-refractivity contribution in [1.29, 1.82) is 0 Å². The van der Waals surface area contributed by atoms with E-state index in [9.17, 15) is 4.79 Å². The first-order valence-electron chi connectivity index (χ1n) is 15.2. The van der Waals surface area contributed by atoms with Crippen LogP contribution in [0.5, 0.6) is 11.5 Å². The number of ether oxygens (including phenoxy) is 2. The van der Waals surface area contributed by atoms with Gasteiger partial charge in [0, 0.05) is 11.1 Å². The maximum Gasteiger partial charge on any atom is 0.193 e. The fourth-order valence-electron chi connectivity index (χ4n) is 5.46. The van der Waals surface area contributed by atoms with E-state index in [2.05, 4.69) is 74.4 Å². The number of carbonyl (C=O) groups excluding carboxylic acids is 1. The van der Waals surface area contributed by atoms with Crippen molar-refractivity contribution in [2.75, 3.05) is 13.2 Å². The topological polar surface area (TPSA) is 54.0 Å². The minimum atomic E-state index is -0.650. The quantitative estimate of drug-likeness (QED) is 0.117. The number of hydrogen-bond donors (Lipinski definition) is 0. The van der Waals surface area contributed by atoms with Gasteiger partial charge < -0.3 is 9.47 Å². The van der Waals surface area contributed by atoms with Crippen molar-refractivity contribution in [3.05, 3.63) is 58.1 Å². The molecule has 2 rings (SSSR count). The molecular formula is C35H54O5. The van der Waals surface area contributed by atoms with Gasteiger partial charge in [0.25, 0.3) is 0 Å². The molecule has 2 aromatic rings. The SMILES string of the molecule is CCCc1cc(C(C)(CC)OOC(C)(C)CC(C)(C)C)cc(CCC)c1C(=O)c1ccc(OCC)c(OCC)c1. The van der Waals surface area contributed by atoms with E-state index in [0.29, 0.717) is 30.3 Å². The predicted octanol–water partition coefficient (Wildman–Crippen LogP) is 9.41. The van der Waals surface area contributed by atoms with Crippen LogP contribution in [0.15, 0.2) is 30.3 Å². The standard InChI is InChI=1S/C35H54O5/c1-12-17-25-21-28(35(11,14-3)40-39-34(9,10)24-33(6,7)8)22-26(18-13-2)31(25)32(36)27-19-20-29(37-15-4)30(23-27)38-16-5/h19-23H,12-18,24H2,1-11H3. The van der Waals surface area contributed by atoms with Crippen molar-refractivity contribution >= 4 is 5.78 Å². The summed E-state index contributed by atoms with van der Waals surface area (Å²) in [6.45, 7) is 24.2. The summed E-state index contributed by atoms with van der Waals surface area (Å²) in [5.41, 5.74) is 3.59. The second-order valence-electron chi connectivity index (χ2n) is 12.8. The molecule has 0 amide bonds. The zero-order valence-corrected chi connectivity index (χ0v) is 27.1. The Balaban J connectivity index is 2.59. The average Bonchev–Trinajstić information content (AvgIpc) is 2.87. The Morgan fingerprint density at radius 1 is 0.725 bits per heavy atom. The van der Waals surface area contributed by atoms with Crippen molar-refractivity contribution in [2.24, 2.45) is 5.41 Å². The maximum atomic E-state index is 14.1. The van der Waals surface area contributed by atoms with E-state index in [4.69, 9.17) is 19.2 Å². The summed E-state index contributed by atoms with van der Waals surface area (Å²) in [5, 5.41) is 0. The molecular weight excluding hydrogens is 500 g/mol. The second-order valence-corrected chi connectivity index (χ2v) is 12.8. The Bertz CT molecular complexity index is 1080. The van der Waals surface area contributed by atoms with Crippen LogP contribution in [-0.4, -0.2) is 24.6 Å². The maximum absolute atomic E-state index is 14.1. The van der Waals surface area contributed by atoms with Crippen LogP contribution in [0.4, 0.5) is 0 Å². The Hall–Kier alpha value is -2.37. The van der Waals surface area contributed by atoms with Gasteiger partial charge in [0.1, 0.15) is 5.60 Å². The predicted molar refractivity (Wildman–Crippen MR) is 165 cm³/mol. The summed E-state index contributed by atoms with van der Waals surface area (Å²) in [5.74, 6) is 1.27. The molecule has 224 valence electrons. The van der Waals surface area contributed by atoms with E-state index < -0.39 is 11.2 Å². The lowest BCUT2D eigenvalue weighted by atomic mass is 9.83. The van der Waals surface area contributed by atoms with Gasteiger partial charge in [-0.05, 0) is 101 Å². The summed E-state index contributed by atoms with van der Waals surface area (Å²) in [6.07, 6.45) is 5.07. The third-order valence-corrected chi connectivity index (χ3v) is 7.07. The van der Waals surface area contributed by atoms with Gasteiger partial charge in [0.2, 0.25) is 0 Å². The molecule has 0 saturated heterocycles. The molecule has 0 aliphatic carbocycles. The summed E-state index contributed by atoms with van der Waals surface area (Å²) in [7, 11) is 0.